The molecule has 3 nitrogen and oxygen atoms in total. The van der Waals surface area contributed by atoms with Crippen LogP contribution in [0.15, 0.2) is 24.3 Å². The molecule has 0 aliphatic heterocycles. The number of carbonyl (C=O) groups is 1. The molecule has 1 amide bonds. The third kappa shape index (κ3) is 2.70. The molecule has 0 saturated carbocycles. The summed E-state index contributed by atoms with van der Waals surface area (Å²) in [5.74, 6) is 0.155. The van der Waals surface area contributed by atoms with Crippen LogP contribution in [-0.2, 0) is 4.79 Å². The van der Waals surface area contributed by atoms with Crippen LogP contribution in [0.3, 0.4) is 0 Å². The molecule has 0 fully saturated rings. The lowest BCUT2D eigenvalue weighted by Crippen LogP contribution is -2.31. The molecule has 2 aromatic rings. The Bertz CT molecular complexity index is 502. The lowest BCUT2D eigenvalue weighted by Gasteiger charge is -2.18. The minimum atomic E-state index is 0.155. The fourth-order valence-corrected chi connectivity index (χ4v) is 2.82. The predicted molar refractivity (Wildman–Crippen MR) is 77.2 cm³/mol. The molecule has 0 saturated heterocycles. The molecule has 0 atom stereocenters. The minimum Gasteiger partial charge on any atom is -0.288 e. The number of nitrogens with zero attached hydrogens (tertiary/aromatic N) is 2. The summed E-state index contributed by atoms with van der Waals surface area (Å²) < 4.78 is 1.14. The first kappa shape index (κ1) is 13.0. The Morgan fingerprint density at radius 1 is 1.33 bits per heavy atom. The van der Waals surface area contributed by atoms with Crippen LogP contribution in [0.25, 0.3) is 10.2 Å². The zero-order valence-electron chi connectivity index (χ0n) is 10.8. The molecule has 0 aliphatic carbocycles. The zero-order chi connectivity index (χ0) is 13.0. The van der Waals surface area contributed by atoms with Crippen LogP contribution in [0.4, 0.5) is 5.13 Å². The Balaban J connectivity index is 2.31. The molecule has 0 spiro atoms. The van der Waals surface area contributed by atoms with Gasteiger partial charge < -0.3 is 0 Å². The van der Waals surface area contributed by atoms with Crippen molar-refractivity contribution in [3.8, 4) is 0 Å². The van der Waals surface area contributed by atoms with E-state index in [9.17, 15) is 4.79 Å². The van der Waals surface area contributed by atoms with E-state index in [2.05, 4.69) is 11.9 Å². The Kier molecular flexibility index (Phi) is 4.31. The second kappa shape index (κ2) is 5.96. The fraction of sp³-hybridized carbons (Fsp3) is 0.429. The van der Waals surface area contributed by atoms with E-state index in [0.717, 1.165) is 34.7 Å². The number of benzene rings is 1. The third-order valence-corrected chi connectivity index (χ3v) is 3.91. The van der Waals surface area contributed by atoms with E-state index in [1.54, 1.807) is 11.3 Å². The molecular formula is C14H18N2OS. The van der Waals surface area contributed by atoms with Gasteiger partial charge in [0.15, 0.2) is 5.13 Å². The van der Waals surface area contributed by atoms with E-state index in [-0.39, 0.29) is 5.91 Å². The predicted octanol–water partition coefficient (Wildman–Crippen LogP) is 3.84. The number of amides is 1. The zero-order valence-corrected chi connectivity index (χ0v) is 11.7. The molecule has 0 N–H and O–H groups in total. The maximum atomic E-state index is 12.0. The molecule has 2 rings (SSSR count). The molecule has 0 aliphatic rings. The molecular weight excluding hydrogens is 244 g/mol. The third-order valence-electron chi connectivity index (χ3n) is 2.85. The smallest absolute Gasteiger partial charge is 0.228 e. The first-order chi connectivity index (χ1) is 8.76. The van der Waals surface area contributed by atoms with Crippen LogP contribution in [0.2, 0.25) is 0 Å². The maximum Gasteiger partial charge on any atom is 0.228 e. The maximum absolute atomic E-state index is 12.0. The SMILES string of the molecule is CCCCN(C(=O)CC)c1nc2ccccc2s1. The van der Waals surface area contributed by atoms with Gasteiger partial charge in [0.25, 0.3) is 0 Å². The van der Waals surface area contributed by atoms with E-state index in [4.69, 9.17) is 0 Å². The number of thiazole rings is 1. The van der Waals surface area contributed by atoms with Crippen molar-refractivity contribution >= 4 is 32.6 Å². The van der Waals surface area contributed by atoms with E-state index >= 15 is 0 Å². The molecule has 1 aromatic heterocycles. The molecule has 0 bridgehead atoms. The van der Waals surface area contributed by atoms with E-state index in [1.165, 1.54) is 0 Å². The quantitative estimate of drug-likeness (QED) is 0.820. The van der Waals surface area contributed by atoms with E-state index in [1.807, 2.05) is 36.1 Å². The van der Waals surface area contributed by atoms with Gasteiger partial charge in [-0.2, -0.15) is 0 Å². The molecule has 0 unspecified atom stereocenters. The van der Waals surface area contributed by atoms with Crippen LogP contribution in [0.1, 0.15) is 33.1 Å². The first-order valence-corrected chi connectivity index (χ1v) is 7.23. The number of aromatic nitrogens is 1. The van der Waals surface area contributed by atoms with E-state index < -0.39 is 0 Å². The number of hydrogen-bond acceptors (Lipinski definition) is 3. The number of para-hydroxylation sites is 1. The highest BCUT2D eigenvalue weighted by atomic mass is 32.1. The highest BCUT2D eigenvalue weighted by molar-refractivity contribution is 7.22. The summed E-state index contributed by atoms with van der Waals surface area (Å²) in [6.45, 7) is 4.80. The summed E-state index contributed by atoms with van der Waals surface area (Å²) in [7, 11) is 0. The van der Waals surface area contributed by atoms with Crippen LogP contribution in [0, 0.1) is 0 Å². The molecule has 0 radical (unpaired) electrons. The minimum absolute atomic E-state index is 0.155. The van der Waals surface area contributed by atoms with Gasteiger partial charge in [0.05, 0.1) is 10.2 Å². The Hall–Kier alpha value is -1.42. The Morgan fingerprint density at radius 2 is 2.11 bits per heavy atom. The standard InChI is InChI=1S/C14H18N2OS/c1-3-5-10-16(13(17)4-2)14-15-11-8-6-7-9-12(11)18-14/h6-9H,3-5,10H2,1-2H3. The van der Waals surface area contributed by atoms with Crippen LogP contribution >= 0.6 is 11.3 Å². The first-order valence-electron chi connectivity index (χ1n) is 6.42. The van der Waals surface area contributed by atoms with Crippen molar-refractivity contribution in [2.24, 2.45) is 0 Å². The van der Waals surface area contributed by atoms with Gasteiger partial charge in [-0.3, -0.25) is 9.69 Å². The molecule has 1 aromatic carbocycles. The Labute approximate surface area is 111 Å². The van der Waals surface area contributed by atoms with Gasteiger partial charge in [-0.1, -0.05) is 43.7 Å². The molecule has 18 heavy (non-hydrogen) atoms. The van der Waals surface area contributed by atoms with Gasteiger partial charge in [-0.05, 0) is 18.6 Å². The number of rotatable bonds is 5. The van der Waals surface area contributed by atoms with Crippen molar-refractivity contribution in [2.75, 3.05) is 11.4 Å². The van der Waals surface area contributed by atoms with Gasteiger partial charge >= 0.3 is 0 Å². The Morgan fingerprint density at radius 3 is 2.78 bits per heavy atom. The van der Waals surface area contributed by atoms with Crippen LogP contribution in [0.5, 0.6) is 0 Å². The average molecular weight is 262 g/mol. The number of carbonyl (C=O) groups excluding carboxylic acids is 1. The lowest BCUT2D eigenvalue weighted by molar-refractivity contribution is -0.118. The summed E-state index contributed by atoms with van der Waals surface area (Å²) in [4.78, 5) is 18.4. The summed E-state index contributed by atoms with van der Waals surface area (Å²) in [6, 6.07) is 8.01. The van der Waals surface area contributed by atoms with Crippen molar-refractivity contribution in [3.05, 3.63) is 24.3 Å². The highest BCUT2D eigenvalue weighted by Gasteiger charge is 2.17. The topological polar surface area (TPSA) is 33.2 Å². The lowest BCUT2D eigenvalue weighted by atomic mass is 10.3. The fourth-order valence-electron chi connectivity index (χ4n) is 1.81. The molecule has 96 valence electrons. The number of fused-ring (bicyclic) bond motifs is 1. The number of anilines is 1. The van der Waals surface area contributed by atoms with Gasteiger partial charge in [-0.15, -0.1) is 0 Å². The monoisotopic (exact) mass is 262 g/mol. The number of hydrogen-bond donors (Lipinski definition) is 0. The summed E-state index contributed by atoms with van der Waals surface area (Å²) in [5.41, 5.74) is 0.975. The summed E-state index contributed by atoms with van der Waals surface area (Å²) in [5, 5.41) is 0.830. The average Bonchev–Trinajstić information content (AvgIpc) is 2.82. The van der Waals surface area contributed by atoms with Crippen molar-refractivity contribution in [1.29, 1.82) is 0 Å². The van der Waals surface area contributed by atoms with Crippen molar-refractivity contribution in [3.63, 3.8) is 0 Å². The van der Waals surface area contributed by atoms with Crippen molar-refractivity contribution < 1.29 is 4.79 Å². The van der Waals surface area contributed by atoms with Crippen molar-refractivity contribution in [1.82, 2.24) is 4.98 Å². The second-order valence-corrected chi connectivity index (χ2v) is 5.23. The van der Waals surface area contributed by atoms with Gasteiger partial charge in [0, 0.05) is 13.0 Å². The normalized spacial score (nSPS) is 10.8. The summed E-state index contributed by atoms with van der Waals surface area (Å²) in [6.07, 6.45) is 2.62. The van der Waals surface area contributed by atoms with Gasteiger partial charge in [0.1, 0.15) is 0 Å². The van der Waals surface area contributed by atoms with E-state index in [0.29, 0.717) is 6.42 Å². The number of unbranched alkanes of at least 4 members (excludes halogenated alkanes) is 1. The van der Waals surface area contributed by atoms with Gasteiger partial charge in [-0.25, -0.2) is 4.98 Å². The summed E-state index contributed by atoms with van der Waals surface area (Å²) >= 11 is 1.59. The van der Waals surface area contributed by atoms with Gasteiger partial charge in [0.2, 0.25) is 5.91 Å². The molecule has 4 heteroatoms. The second-order valence-electron chi connectivity index (χ2n) is 4.22. The largest absolute Gasteiger partial charge is 0.288 e. The van der Waals surface area contributed by atoms with Crippen LogP contribution < -0.4 is 4.90 Å². The van der Waals surface area contributed by atoms with Crippen LogP contribution in [-0.4, -0.2) is 17.4 Å². The molecule has 1 heterocycles. The highest BCUT2D eigenvalue weighted by Crippen LogP contribution is 2.29. The van der Waals surface area contributed by atoms with Crippen molar-refractivity contribution in [2.45, 2.75) is 33.1 Å².